The third kappa shape index (κ3) is 8.03. The van der Waals surface area contributed by atoms with E-state index in [1.54, 1.807) is 18.2 Å². The van der Waals surface area contributed by atoms with Crippen LogP contribution in [0, 0.1) is 5.92 Å². The maximum atomic E-state index is 13.8. The van der Waals surface area contributed by atoms with Gasteiger partial charge < -0.3 is 21.3 Å². The maximum Gasteiger partial charge on any atom is 0.289 e. The third-order valence-electron chi connectivity index (χ3n) is 8.30. The molecular formula is C33H38N6O5. The van der Waals surface area contributed by atoms with Crippen LogP contribution in [0.1, 0.15) is 67.4 Å². The minimum Gasteiger partial charge on any atom is -0.356 e. The average Bonchev–Trinajstić information content (AvgIpc) is 3.05. The predicted molar refractivity (Wildman–Crippen MR) is 163 cm³/mol. The fraction of sp³-hybridized carbons (Fsp3) is 0.424. The van der Waals surface area contributed by atoms with Gasteiger partial charge in [-0.2, -0.15) is 0 Å². The highest BCUT2D eigenvalue weighted by Gasteiger charge is 2.35. The summed E-state index contributed by atoms with van der Waals surface area (Å²) >= 11 is 0. The van der Waals surface area contributed by atoms with Gasteiger partial charge in [0.25, 0.3) is 11.8 Å². The number of hydrogen-bond donors (Lipinski definition) is 4. The van der Waals surface area contributed by atoms with Gasteiger partial charge in [-0.05, 0) is 49.8 Å². The first-order valence-corrected chi connectivity index (χ1v) is 15.4. The van der Waals surface area contributed by atoms with E-state index in [1.165, 1.54) is 6.20 Å². The van der Waals surface area contributed by atoms with Crippen molar-refractivity contribution in [3.05, 3.63) is 72.1 Å². The second-order valence-corrected chi connectivity index (χ2v) is 11.6. The molecule has 3 atom stereocenters. The number of rotatable bonds is 11. The van der Waals surface area contributed by atoms with Crippen LogP contribution in [0.25, 0.3) is 11.0 Å². The molecule has 4 amide bonds. The number of nitrogens with one attached hydrogen (secondary N) is 4. The summed E-state index contributed by atoms with van der Waals surface area (Å²) in [5, 5.41) is 11.1. The van der Waals surface area contributed by atoms with Gasteiger partial charge in [-0.15, -0.1) is 0 Å². The average molecular weight is 599 g/mol. The molecule has 230 valence electrons. The molecule has 1 aliphatic heterocycles. The van der Waals surface area contributed by atoms with Crippen molar-refractivity contribution < 1.29 is 24.0 Å². The van der Waals surface area contributed by atoms with E-state index in [2.05, 4.69) is 31.2 Å². The van der Waals surface area contributed by atoms with Crippen LogP contribution in [-0.2, 0) is 25.6 Å². The molecule has 0 bridgehead atoms. The van der Waals surface area contributed by atoms with E-state index in [0.29, 0.717) is 24.0 Å². The number of piperidine rings is 1. The van der Waals surface area contributed by atoms with Crippen molar-refractivity contribution in [2.45, 2.75) is 75.9 Å². The number of aromatic nitrogens is 2. The quantitative estimate of drug-likeness (QED) is 0.247. The topological polar surface area (TPSA) is 159 Å². The minimum atomic E-state index is -1.24. The van der Waals surface area contributed by atoms with Crippen LogP contribution in [0.15, 0.2) is 60.8 Å². The first-order chi connectivity index (χ1) is 21.4. The van der Waals surface area contributed by atoms with Gasteiger partial charge in [0.1, 0.15) is 11.7 Å². The van der Waals surface area contributed by atoms with E-state index in [-0.39, 0.29) is 30.5 Å². The Kier molecular flexibility index (Phi) is 10.3. The number of benzene rings is 2. The summed E-state index contributed by atoms with van der Waals surface area (Å²) in [6, 6.07) is 13.8. The van der Waals surface area contributed by atoms with Crippen molar-refractivity contribution in [2.24, 2.45) is 5.92 Å². The number of Topliss-reactive ketones (excluding diaryl/α,β-unsaturated/α-hetero) is 1. The zero-order chi connectivity index (χ0) is 30.9. The Hall–Kier alpha value is -4.67. The first kappa shape index (κ1) is 30.8. The highest BCUT2D eigenvalue weighted by atomic mass is 16.2. The molecule has 0 unspecified atom stereocenters. The fourth-order valence-electron chi connectivity index (χ4n) is 5.87. The number of ketones is 1. The lowest BCUT2D eigenvalue weighted by Gasteiger charge is -2.28. The zero-order valence-corrected chi connectivity index (χ0v) is 24.6. The Morgan fingerprint density at radius 3 is 2.32 bits per heavy atom. The molecule has 2 heterocycles. The number of para-hydroxylation sites is 2. The summed E-state index contributed by atoms with van der Waals surface area (Å²) in [5.41, 5.74) is 1.97. The van der Waals surface area contributed by atoms with E-state index in [1.807, 2.05) is 36.4 Å². The van der Waals surface area contributed by atoms with Crippen LogP contribution in [-0.4, -0.2) is 64.1 Å². The zero-order valence-electron chi connectivity index (χ0n) is 24.6. The van der Waals surface area contributed by atoms with E-state index in [9.17, 15) is 24.0 Å². The summed E-state index contributed by atoms with van der Waals surface area (Å²) in [6.45, 7) is 0.547. The normalized spacial score (nSPS) is 18.5. The van der Waals surface area contributed by atoms with Crippen molar-refractivity contribution in [3.8, 4) is 0 Å². The number of carbonyl (C=O) groups excluding carboxylic acids is 5. The van der Waals surface area contributed by atoms with Gasteiger partial charge in [-0.25, -0.2) is 4.98 Å². The molecule has 2 aromatic carbocycles. The summed E-state index contributed by atoms with van der Waals surface area (Å²) < 4.78 is 0. The van der Waals surface area contributed by atoms with E-state index < -0.39 is 41.5 Å². The Labute approximate surface area is 256 Å². The fourth-order valence-corrected chi connectivity index (χ4v) is 5.87. The van der Waals surface area contributed by atoms with Crippen molar-refractivity contribution in [3.63, 3.8) is 0 Å². The Balaban J connectivity index is 1.36. The van der Waals surface area contributed by atoms with Gasteiger partial charge in [0.15, 0.2) is 0 Å². The van der Waals surface area contributed by atoms with Gasteiger partial charge in [0, 0.05) is 24.9 Å². The standard InChI is InChI=1S/C33H38N6O5/c40-29(33(44)36-23-13-5-2-6-14-23)26(19-22-12-9-17-34-30(22)41)38-31(42)27(18-21-10-3-1-4-11-21)39-32(43)28-20-35-24-15-7-8-16-25(24)37-28/h1,3-4,7-8,10-11,15-16,20,22-23,26-27H,2,5-6,9,12-14,17-19H2,(H,34,41)(H,36,44)(H,38,42)(H,39,43)/t22-,26-,27-/m0/s1. The van der Waals surface area contributed by atoms with E-state index in [0.717, 1.165) is 44.1 Å². The second kappa shape index (κ2) is 14.7. The number of hydrogen-bond acceptors (Lipinski definition) is 7. The lowest BCUT2D eigenvalue weighted by molar-refractivity contribution is -0.141. The second-order valence-electron chi connectivity index (χ2n) is 11.6. The molecule has 2 aliphatic rings. The van der Waals surface area contributed by atoms with Crippen LogP contribution < -0.4 is 21.3 Å². The summed E-state index contributed by atoms with van der Waals surface area (Å²) in [7, 11) is 0. The van der Waals surface area contributed by atoms with Crippen molar-refractivity contribution in [1.82, 2.24) is 31.2 Å². The molecule has 1 aromatic heterocycles. The van der Waals surface area contributed by atoms with Crippen LogP contribution in [0.5, 0.6) is 0 Å². The Morgan fingerprint density at radius 1 is 0.841 bits per heavy atom. The van der Waals surface area contributed by atoms with Crippen molar-refractivity contribution >= 4 is 40.4 Å². The monoisotopic (exact) mass is 598 g/mol. The number of carbonyl (C=O) groups is 5. The largest absolute Gasteiger partial charge is 0.356 e. The molecule has 11 heteroatoms. The molecule has 5 rings (SSSR count). The van der Waals surface area contributed by atoms with E-state index in [4.69, 9.17) is 0 Å². The number of nitrogens with zero attached hydrogens (tertiary/aromatic N) is 2. The molecule has 4 N–H and O–H groups in total. The number of amides is 4. The van der Waals surface area contributed by atoms with Crippen LogP contribution in [0.2, 0.25) is 0 Å². The van der Waals surface area contributed by atoms with Crippen molar-refractivity contribution in [2.75, 3.05) is 6.54 Å². The molecule has 44 heavy (non-hydrogen) atoms. The molecule has 0 radical (unpaired) electrons. The minimum absolute atomic E-state index is 0.0172. The van der Waals surface area contributed by atoms with Gasteiger partial charge >= 0.3 is 0 Å². The summed E-state index contributed by atoms with van der Waals surface area (Å²) in [4.78, 5) is 75.0. The van der Waals surface area contributed by atoms with Crippen molar-refractivity contribution in [1.29, 1.82) is 0 Å². The van der Waals surface area contributed by atoms with E-state index >= 15 is 0 Å². The molecule has 1 saturated carbocycles. The Bertz CT molecular complexity index is 1510. The molecule has 2 fully saturated rings. The SMILES string of the molecule is O=C(NC1CCCCC1)C(=O)[C@H](C[C@@H]1CCCNC1=O)NC(=O)[C@H](Cc1ccccc1)NC(=O)c1cnc2ccccc2n1. The smallest absolute Gasteiger partial charge is 0.289 e. The predicted octanol–water partition coefficient (Wildman–Crippen LogP) is 2.39. The lowest BCUT2D eigenvalue weighted by atomic mass is 9.89. The highest BCUT2D eigenvalue weighted by Crippen LogP contribution is 2.20. The van der Waals surface area contributed by atoms with Crippen LogP contribution in [0.3, 0.4) is 0 Å². The van der Waals surface area contributed by atoms with Crippen LogP contribution >= 0.6 is 0 Å². The number of fused-ring (bicyclic) bond motifs is 1. The third-order valence-corrected chi connectivity index (χ3v) is 8.30. The molecular weight excluding hydrogens is 560 g/mol. The van der Waals surface area contributed by atoms with Crippen LogP contribution in [0.4, 0.5) is 0 Å². The highest BCUT2D eigenvalue weighted by molar-refractivity contribution is 6.38. The summed E-state index contributed by atoms with van der Waals surface area (Å²) in [6.07, 6.45) is 7.37. The maximum absolute atomic E-state index is 13.8. The Morgan fingerprint density at radius 2 is 1.57 bits per heavy atom. The lowest BCUT2D eigenvalue weighted by Crippen LogP contribution is -2.56. The van der Waals surface area contributed by atoms with Gasteiger partial charge in [0.2, 0.25) is 17.6 Å². The molecule has 1 saturated heterocycles. The molecule has 11 nitrogen and oxygen atoms in total. The van der Waals surface area contributed by atoms with Gasteiger partial charge in [0.05, 0.1) is 23.3 Å². The first-order valence-electron chi connectivity index (χ1n) is 15.4. The molecule has 3 aromatic rings. The van der Waals surface area contributed by atoms with Gasteiger partial charge in [-0.3, -0.25) is 29.0 Å². The summed E-state index contributed by atoms with van der Waals surface area (Å²) in [5.74, 6) is -3.56. The molecule has 0 spiro atoms. The van der Waals surface area contributed by atoms with Gasteiger partial charge in [-0.1, -0.05) is 61.7 Å². The molecule has 1 aliphatic carbocycles.